The maximum absolute atomic E-state index is 12.3. The second kappa shape index (κ2) is 6.96. The van der Waals surface area contributed by atoms with E-state index in [0.717, 1.165) is 5.56 Å². The minimum absolute atomic E-state index is 0.296. The second-order valence-electron chi connectivity index (χ2n) is 5.40. The maximum atomic E-state index is 12.3. The van der Waals surface area contributed by atoms with Crippen LogP contribution in [0.4, 0.5) is 5.69 Å². The zero-order valence-corrected chi connectivity index (χ0v) is 13.4. The molecule has 2 aromatic rings. The number of anilines is 1. The van der Waals surface area contributed by atoms with Gasteiger partial charge in [0.25, 0.3) is 5.91 Å². The van der Waals surface area contributed by atoms with Gasteiger partial charge in [-0.15, -0.1) is 0 Å². The van der Waals surface area contributed by atoms with E-state index in [1.165, 1.54) is 0 Å². The monoisotopic (exact) mass is 312 g/mol. The molecular formula is C18H20N2O3. The number of carbonyl (C=O) groups excluding carboxylic acids is 2. The van der Waals surface area contributed by atoms with E-state index in [4.69, 9.17) is 10.5 Å². The molecule has 0 fully saturated rings. The van der Waals surface area contributed by atoms with Gasteiger partial charge < -0.3 is 15.8 Å². The number of amides is 2. The Labute approximate surface area is 135 Å². The molecule has 23 heavy (non-hydrogen) atoms. The van der Waals surface area contributed by atoms with Crippen molar-refractivity contribution in [2.45, 2.75) is 26.9 Å². The van der Waals surface area contributed by atoms with E-state index in [0.29, 0.717) is 22.6 Å². The third-order valence-electron chi connectivity index (χ3n) is 3.56. The van der Waals surface area contributed by atoms with Gasteiger partial charge in [-0.05, 0) is 50.6 Å². The highest BCUT2D eigenvalue weighted by molar-refractivity contribution is 5.99. The van der Waals surface area contributed by atoms with Crippen molar-refractivity contribution in [1.82, 2.24) is 0 Å². The van der Waals surface area contributed by atoms with Crippen LogP contribution in [0.15, 0.2) is 42.5 Å². The average Bonchev–Trinajstić information content (AvgIpc) is 2.51. The van der Waals surface area contributed by atoms with Crippen LogP contribution < -0.4 is 15.8 Å². The standard InChI is InChI=1S/C18H20N2O3/c1-11-7-9-14(10-8-11)23-13(3)18(22)20-16-6-4-5-15(12(16)2)17(19)21/h4-10,13H,1-3H3,(H2,19,21)(H,20,22). The van der Waals surface area contributed by atoms with Crippen molar-refractivity contribution in [2.75, 3.05) is 5.32 Å². The highest BCUT2D eigenvalue weighted by atomic mass is 16.5. The van der Waals surface area contributed by atoms with Crippen LogP contribution >= 0.6 is 0 Å². The number of carbonyl (C=O) groups is 2. The molecule has 0 aromatic heterocycles. The Hall–Kier alpha value is -2.82. The fourth-order valence-electron chi connectivity index (χ4n) is 2.15. The predicted molar refractivity (Wildman–Crippen MR) is 89.6 cm³/mol. The number of aryl methyl sites for hydroxylation is 1. The van der Waals surface area contributed by atoms with Gasteiger partial charge in [0.15, 0.2) is 6.10 Å². The number of rotatable bonds is 5. The topological polar surface area (TPSA) is 81.4 Å². The smallest absolute Gasteiger partial charge is 0.265 e. The number of benzene rings is 2. The molecule has 120 valence electrons. The Morgan fingerprint density at radius 3 is 2.35 bits per heavy atom. The molecule has 0 aliphatic carbocycles. The number of nitrogens with one attached hydrogen (secondary N) is 1. The van der Waals surface area contributed by atoms with E-state index in [1.54, 1.807) is 32.0 Å². The van der Waals surface area contributed by atoms with Crippen molar-refractivity contribution in [2.24, 2.45) is 5.73 Å². The Kier molecular flexibility index (Phi) is 5.01. The first kappa shape index (κ1) is 16.5. The van der Waals surface area contributed by atoms with Gasteiger partial charge in [0.05, 0.1) is 0 Å². The summed E-state index contributed by atoms with van der Waals surface area (Å²) < 4.78 is 5.62. The summed E-state index contributed by atoms with van der Waals surface area (Å²) in [6, 6.07) is 12.5. The SMILES string of the molecule is Cc1ccc(OC(C)C(=O)Nc2cccc(C(N)=O)c2C)cc1. The summed E-state index contributed by atoms with van der Waals surface area (Å²) in [5, 5.41) is 2.77. The molecule has 3 N–H and O–H groups in total. The molecule has 0 bridgehead atoms. The predicted octanol–water partition coefficient (Wildman–Crippen LogP) is 2.81. The lowest BCUT2D eigenvalue weighted by Crippen LogP contribution is -2.30. The van der Waals surface area contributed by atoms with E-state index < -0.39 is 12.0 Å². The summed E-state index contributed by atoms with van der Waals surface area (Å²) in [6.07, 6.45) is -0.672. The van der Waals surface area contributed by atoms with Crippen LogP contribution in [0.2, 0.25) is 0 Å². The summed E-state index contributed by atoms with van der Waals surface area (Å²) in [5.41, 5.74) is 8.00. The van der Waals surface area contributed by atoms with Crippen LogP contribution in [-0.2, 0) is 4.79 Å². The van der Waals surface area contributed by atoms with E-state index in [-0.39, 0.29) is 5.91 Å². The lowest BCUT2D eigenvalue weighted by Gasteiger charge is -2.16. The molecule has 0 spiro atoms. The van der Waals surface area contributed by atoms with Gasteiger partial charge in [-0.3, -0.25) is 9.59 Å². The van der Waals surface area contributed by atoms with Gasteiger partial charge in [0.1, 0.15) is 5.75 Å². The molecule has 5 heteroatoms. The fraction of sp³-hybridized carbons (Fsp3) is 0.222. The molecular weight excluding hydrogens is 292 g/mol. The maximum Gasteiger partial charge on any atom is 0.265 e. The van der Waals surface area contributed by atoms with Crippen LogP contribution in [0.3, 0.4) is 0 Å². The Balaban J connectivity index is 2.08. The first-order chi connectivity index (χ1) is 10.9. The number of ether oxygens (including phenoxy) is 1. The first-order valence-electron chi connectivity index (χ1n) is 7.32. The minimum Gasteiger partial charge on any atom is -0.481 e. The molecule has 1 unspecified atom stereocenters. The third-order valence-corrected chi connectivity index (χ3v) is 3.56. The summed E-state index contributed by atoms with van der Waals surface area (Å²) in [6.45, 7) is 5.39. The van der Waals surface area contributed by atoms with Gasteiger partial charge in [-0.1, -0.05) is 23.8 Å². The molecule has 2 rings (SSSR count). The third kappa shape index (κ3) is 4.10. The Morgan fingerprint density at radius 1 is 1.09 bits per heavy atom. The Bertz CT molecular complexity index is 724. The van der Waals surface area contributed by atoms with E-state index >= 15 is 0 Å². The van der Waals surface area contributed by atoms with Crippen LogP contribution in [0.5, 0.6) is 5.75 Å². The molecule has 5 nitrogen and oxygen atoms in total. The molecule has 0 aliphatic rings. The molecule has 1 atom stereocenters. The van der Waals surface area contributed by atoms with E-state index in [1.807, 2.05) is 31.2 Å². The van der Waals surface area contributed by atoms with E-state index in [2.05, 4.69) is 5.32 Å². The lowest BCUT2D eigenvalue weighted by molar-refractivity contribution is -0.122. The average molecular weight is 312 g/mol. The van der Waals surface area contributed by atoms with Crippen molar-refractivity contribution in [1.29, 1.82) is 0 Å². The second-order valence-corrected chi connectivity index (χ2v) is 5.40. The minimum atomic E-state index is -0.672. The van der Waals surface area contributed by atoms with Crippen molar-refractivity contribution < 1.29 is 14.3 Å². The van der Waals surface area contributed by atoms with Crippen LogP contribution in [0.1, 0.15) is 28.4 Å². The van der Waals surface area contributed by atoms with Gasteiger partial charge >= 0.3 is 0 Å². The molecule has 0 saturated heterocycles. The summed E-state index contributed by atoms with van der Waals surface area (Å²) >= 11 is 0. The van der Waals surface area contributed by atoms with Gasteiger partial charge in [-0.25, -0.2) is 0 Å². The first-order valence-corrected chi connectivity index (χ1v) is 7.32. The van der Waals surface area contributed by atoms with E-state index in [9.17, 15) is 9.59 Å². The van der Waals surface area contributed by atoms with Crippen molar-refractivity contribution in [3.63, 3.8) is 0 Å². The number of primary amides is 1. The van der Waals surface area contributed by atoms with Crippen LogP contribution in [0.25, 0.3) is 0 Å². The number of hydrogen-bond donors (Lipinski definition) is 2. The normalized spacial score (nSPS) is 11.6. The lowest BCUT2D eigenvalue weighted by atomic mass is 10.1. The largest absolute Gasteiger partial charge is 0.481 e. The summed E-state index contributed by atoms with van der Waals surface area (Å²) in [7, 11) is 0. The zero-order chi connectivity index (χ0) is 17.0. The molecule has 0 saturated carbocycles. The van der Waals surface area contributed by atoms with Crippen LogP contribution in [-0.4, -0.2) is 17.9 Å². The number of hydrogen-bond acceptors (Lipinski definition) is 3. The Morgan fingerprint density at radius 2 is 1.74 bits per heavy atom. The zero-order valence-electron chi connectivity index (χ0n) is 13.4. The van der Waals surface area contributed by atoms with Crippen LogP contribution in [0, 0.1) is 13.8 Å². The summed E-state index contributed by atoms with van der Waals surface area (Å²) in [4.78, 5) is 23.6. The van der Waals surface area contributed by atoms with Crippen molar-refractivity contribution in [3.8, 4) is 5.75 Å². The molecule has 2 aromatic carbocycles. The van der Waals surface area contributed by atoms with Gasteiger partial charge in [0.2, 0.25) is 5.91 Å². The van der Waals surface area contributed by atoms with Gasteiger partial charge in [-0.2, -0.15) is 0 Å². The molecule has 0 radical (unpaired) electrons. The summed E-state index contributed by atoms with van der Waals surface area (Å²) in [5.74, 6) is -0.196. The molecule has 0 heterocycles. The van der Waals surface area contributed by atoms with Crippen molar-refractivity contribution in [3.05, 3.63) is 59.2 Å². The molecule has 0 aliphatic heterocycles. The highest BCUT2D eigenvalue weighted by Gasteiger charge is 2.17. The highest BCUT2D eigenvalue weighted by Crippen LogP contribution is 2.19. The molecule has 2 amide bonds. The van der Waals surface area contributed by atoms with Crippen molar-refractivity contribution >= 4 is 17.5 Å². The number of nitrogens with two attached hydrogens (primary N) is 1. The quantitative estimate of drug-likeness (QED) is 0.890. The fourth-order valence-corrected chi connectivity index (χ4v) is 2.15. The van der Waals surface area contributed by atoms with Gasteiger partial charge in [0, 0.05) is 11.3 Å².